The summed E-state index contributed by atoms with van der Waals surface area (Å²) in [4.78, 5) is 12.6. The molecule has 6 nitrogen and oxygen atoms in total. The smallest absolute Gasteiger partial charge is 0.238 e. The minimum Gasteiger partial charge on any atom is -0.355 e. The Morgan fingerprint density at radius 1 is 0.833 bits per heavy atom. The lowest BCUT2D eigenvalue weighted by Gasteiger charge is -2.19. The van der Waals surface area contributed by atoms with Crippen LogP contribution in [0.1, 0.15) is 5.56 Å². The van der Waals surface area contributed by atoms with Crippen molar-refractivity contribution in [3.05, 3.63) is 90.5 Å². The van der Waals surface area contributed by atoms with Gasteiger partial charge in [0.2, 0.25) is 15.9 Å². The quantitative estimate of drug-likeness (QED) is 0.521. The molecule has 8 heteroatoms. The second kappa shape index (κ2) is 9.39. The average molecular weight is 442 g/mol. The Bertz CT molecular complexity index is 1110. The number of rotatable bonds is 8. The molecule has 3 rings (SSSR count). The number of nitrogens with one attached hydrogen (secondary N) is 1. The third kappa shape index (κ3) is 5.45. The molecule has 3 aromatic rings. The van der Waals surface area contributed by atoms with Gasteiger partial charge in [-0.15, -0.1) is 0 Å². The van der Waals surface area contributed by atoms with E-state index < -0.39 is 17.2 Å². The number of sulfonamides is 1. The molecule has 3 aromatic carbocycles. The van der Waals surface area contributed by atoms with Crippen LogP contribution in [0.3, 0.4) is 0 Å². The fourth-order valence-electron chi connectivity index (χ4n) is 3.12. The fourth-order valence-corrected chi connectivity index (χ4v) is 6.12. The van der Waals surface area contributed by atoms with E-state index in [2.05, 4.69) is 5.32 Å². The highest BCUT2D eigenvalue weighted by Crippen LogP contribution is 2.42. The maximum absolute atomic E-state index is 13.9. The molecule has 3 N–H and O–H groups in total. The lowest BCUT2D eigenvalue weighted by Crippen LogP contribution is -2.32. The second-order valence-corrected chi connectivity index (χ2v) is 11.2. The van der Waals surface area contributed by atoms with Gasteiger partial charge in [0.15, 0.2) is 7.14 Å². The standard InChI is InChI=1S/C22H23N2O4PS/c23-30(27,28)21-13-11-18(12-14-21)15-16-24-22(25)17-29(26,19-7-3-1-4-8-19)20-9-5-2-6-10-20/h1-14H,15-17H2,(H,24,25)(H2,23,27,28). The molecule has 0 radical (unpaired) electrons. The van der Waals surface area contributed by atoms with Crippen LogP contribution in [0.25, 0.3) is 0 Å². The van der Waals surface area contributed by atoms with Crippen molar-refractivity contribution in [3.63, 3.8) is 0 Å². The van der Waals surface area contributed by atoms with E-state index in [9.17, 15) is 17.8 Å². The van der Waals surface area contributed by atoms with E-state index in [0.29, 0.717) is 23.6 Å². The third-order valence-corrected chi connectivity index (χ3v) is 8.63. The zero-order chi connectivity index (χ0) is 21.6. The Morgan fingerprint density at radius 2 is 1.33 bits per heavy atom. The van der Waals surface area contributed by atoms with Crippen molar-refractivity contribution in [2.24, 2.45) is 5.14 Å². The molecule has 0 spiro atoms. The molecule has 1 amide bonds. The molecule has 0 heterocycles. The summed E-state index contributed by atoms with van der Waals surface area (Å²) >= 11 is 0. The van der Waals surface area contributed by atoms with Gasteiger partial charge < -0.3 is 9.88 Å². The normalized spacial score (nSPS) is 11.8. The van der Waals surface area contributed by atoms with E-state index in [1.165, 1.54) is 12.1 Å². The average Bonchev–Trinajstić information content (AvgIpc) is 2.74. The molecular weight excluding hydrogens is 419 g/mol. The van der Waals surface area contributed by atoms with Crippen LogP contribution in [0, 0.1) is 0 Å². The summed E-state index contributed by atoms with van der Waals surface area (Å²) in [5.41, 5.74) is 0.858. The number of carbonyl (C=O) groups is 1. The van der Waals surface area contributed by atoms with Crippen molar-refractivity contribution >= 4 is 33.7 Å². The molecule has 0 fully saturated rings. The van der Waals surface area contributed by atoms with Crippen molar-refractivity contribution < 1.29 is 17.8 Å². The van der Waals surface area contributed by atoms with Gasteiger partial charge in [-0.2, -0.15) is 0 Å². The number of amides is 1. The zero-order valence-corrected chi connectivity index (χ0v) is 18.0. The number of primary sulfonamides is 1. The van der Waals surface area contributed by atoms with Crippen LogP contribution in [0.4, 0.5) is 0 Å². The number of hydrogen-bond acceptors (Lipinski definition) is 4. The Balaban J connectivity index is 1.66. The summed E-state index contributed by atoms with van der Waals surface area (Å²) in [5, 5.41) is 9.19. The van der Waals surface area contributed by atoms with E-state index in [-0.39, 0.29) is 17.0 Å². The molecule has 0 atom stereocenters. The van der Waals surface area contributed by atoms with E-state index in [0.717, 1.165) is 5.56 Å². The zero-order valence-electron chi connectivity index (χ0n) is 16.3. The first-order chi connectivity index (χ1) is 14.3. The predicted octanol–water partition coefficient (Wildman–Crippen LogP) is 2.01. The Labute approximate surface area is 176 Å². The van der Waals surface area contributed by atoms with Gasteiger partial charge in [-0.25, -0.2) is 13.6 Å². The van der Waals surface area contributed by atoms with Crippen molar-refractivity contribution in [3.8, 4) is 0 Å². The Hall–Kier alpha value is -2.73. The van der Waals surface area contributed by atoms with Gasteiger partial charge >= 0.3 is 0 Å². The highest BCUT2D eigenvalue weighted by Gasteiger charge is 2.29. The topological polar surface area (TPSA) is 106 Å². The van der Waals surface area contributed by atoms with Crippen LogP contribution < -0.4 is 21.1 Å². The minimum atomic E-state index is -3.73. The van der Waals surface area contributed by atoms with Crippen LogP contribution in [0.5, 0.6) is 0 Å². The predicted molar refractivity (Wildman–Crippen MR) is 119 cm³/mol. The van der Waals surface area contributed by atoms with Crippen LogP contribution in [0.2, 0.25) is 0 Å². The minimum absolute atomic E-state index is 0.0435. The highest BCUT2D eigenvalue weighted by atomic mass is 32.2. The third-order valence-electron chi connectivity index (χ3n) is 4.70. The maximum Gasteiger partial charge on any atom is 0.238 e. The maximum atomic E-state index is 13.9. The molecule has 156 valence electrons. The second-order valence-electron chi connectivity index (χ2n) is 6.86. The van der Waals surface area contributed by atoms with Gasteiger partial charge in [0.1, 0.15) is 0 Å². The van der Waals surface area contributed by atoms with Gasteiger partial charge in [-0.1, -0.05) is 72.8 Å². The number of benzene rings is 3. The van der Waals surface area contributed by atoms with Gasteiger partial charge in [-0.05, 0) is 24.1 Å². The van der Waals surface area contributed by atoms with E-state index in [4.69, 9.17) is 5.14 Å². The van der Waals surface area contributed by atoms with Crippen molar-refractivity contribution in [2.75, 3.05) is 12.7 Å². The SMILES string of the molecule is NS(=O)(=O)c1ccc(CCNC(=O)CP(=O)(c2ccccc2)c2ccccc2)cc1. The molecule has 0 saturated carbocycles. The Kier molecular flexibility index (Phi) is 6.87. The first-order valence-corrected chi connectivity index (χ1v) is 12.8. The van der Waals surface area contributed by atoms with Crippen LogP contribution in [-0.4, -0.2) is 27.0 Å². The van der Waals surface area contributed by atoms with Crippen LogP contribution in [0.15, 0.2) is 89.8 Å². The molecule has 0 aromatic heterocycles. The van der Waals surface area contributed by atoms with E-state index in [1.807, 2.05) is 36.4 Å². The molecule has 0 bridgehead atoms. The molecular formula is C22H23N2O4PS. The molecule has 0 aliphatic heterocycles. The van der Waals surface area contributed by atoms with Gasteiger partial charge in [0, 0.05) is 17.2 Å². The first kappa shape index (κ1) is 22.0. The van der Waals surface area contributed by atoms with Gasteiger partial charge in [-0.3, -0.25) is 4.79 Å². The van der Waals surface area contributed by atoms with Crippen molar-refractivity contribution in [1.29, 1.82) is 0 Å². The largest absolute Gasteiger partial charge is 0.355 e. The number of hydrogen-bond donors (Lipinski definition) is 2. The molecule has 0 aliphatic carbocycles. The summed E-state index contributed by atoms with van der Waals surface area (Å²) in [6.45, 7) is 0.344. The Morgan fingerprint density at radius 3 is 1.80 bits per heavy atom. The molecule has 30 heavy (non-hydrogen) atoms. The number of nitrogens with two attached hydrogens (primary N) is 1. The lowest BCUT2D eigenvalue weighted by molar-refractivity contribution is -0.118. The van der Waals surface area contributed by atoms with Gasteiger partial charge in [0.05, 0.1) is 11.1 Å². The van der Waals surface area contributed by atoms with Crippen molar-refractivity contribution in [2.45, 2.75) is 11.3 Å². The highest BCUT2D eigenvalue weighted by molar-refractivity contribution is 7.89. The van der Waals surface area contributed by atoms with Crippen molar-refractivity contribution in [1.82, 2.24) is 5.32 Å². The van der Waals surface area contributed by atoms with Gasteiger partial charge in [0.25, 0.3) is 0 Å². The monoisotopic (exact) mass is 442 g/mol. The summed E-state index contributed by atoms with van der Waals surface area (Å²) in [7, 11) is -6.84. The van der Waals surface area contributed by atoms with Crippen LogP contribution in [-0.2, 0) is 25.8 Å². The van der Waals surface area contributed by atoms with E-state index in [1.54, 1.807) is 36.4 Å². The lowest BCUT2D eigenvalue weighted by atomic mass is 10.1. The first-order valence-electron chi connectivity index (χ1n) is 9.38. The fraction of sp³-hybridized carbons (Fsp3) is 0.136. The summed E-state index contributed by atoms with van der Waals surface area (Å²) in [5.74, 6) is -0.299. The molecule has 0 aliphatic rings. The number of carbonyl (C=O) groups excluding carboxylic acids is 1. The summed E-state index contributed by atoms with van der Waals surface area (Å²) in [6.07, 6.45) is 0.392. The summed E-state index contributed by atoms with van der Waals surface area (Å²) in [6, 6.07) is 24.3. The van der Waals surface area contributed by atoms with Crippen LogP contribution >= 0.6 is 7.14 Å². The van der Waals surface area contributed by atoms with E-state index >= 15 is 0 Å². The molecule has 0 unspecified atom stereocenters. The summed E-state index contributed by atoms with van der Waals surface area (Å²) < 4.78 is 36.5. The molecule has 0 saturated heterocycles.